The Kier molecular flexibility index (Phi) is 8.78. The van der Waals surface area contributed by atoms with Crippen LogP contribution in [-0.2, 0) is 26.2 Å². The van der Waals surface area contributed by atoms with Gasteiger partial charge in [0, 0.05) is 6.07 Å². The van der Waals surface area contributed by atoms with E-state index in [1.54, 1.807) is 36.4 Å². The molecule has 0 aliphatic carbocycles. The molecule has 0 aromatic heterocycles. The average molecular weight is 520 g/mol. The fraction of sp³-hybridized carbons (Fsp3) is 0.136. The Morgan fingerprint density at radius 2 is 1.69 bits per heavy atom. The molecule has 0 saturated heterocycles. The fourth-order valence-corrected chi connectivity index (χ4v) is 3.74. The lowest BCUT2D eigenvalue weighted by atomic mass is 10.1. The predicted octanol–water partition coefficient (Wildman–Crippen LogP) is 3.26. The van der Waals surface area contributed by atoms with E-state index in [9.17, 15) is 23.6 Å². The van der Waals surface area contributed by atoms with Gasteiger partial charge >= 0.3 is 5.97 Å². The molecule has 13 nitrogen and oxygen atoms in total. The lowest BCUT2D eigenvalue weighted by molar-refractivity contribution is -0.497. The summed E-state index contributed by atoms with van der Waals surface area (Å²) < 4.78 is 36.9. The number of rotatable bonds is 11. The molecule has 14 heteroatoms. The summed E-state index contributed by atoms with van der Waals surface area (Å²) in [5, 5.41) is 37.1. The first kappa shape index (κ1) is 26.8. The normalized spacial score (nSPS) is 11.3. The van der Waals surface area contributed by atoms with Crippen LogP contribution in [0.3, 0.4) is 0 Å². The van der Waals surface area contributed by atoms with E-state index < -0.39 is 33.3 Å². The summed E-state index contributed by atoms with van der Waals surface area (Å²) in [6.07, 6.45) is 0.889. The Morgan fingerprint density at radius 3 is 2.33 bits per heavy atom. The number of hydrogen-bond donors (Lipinski definition) is 3. The van der Waals surface area contributed by atoms with E-state index in [-0.39, 0.29) is 29.3 Å². The number of sulfonamides is 1. The Hall–Kier alpha value is -3.76. The van der Waals surface area contributed by atoms with Crippen molar-refractivity contribution in [1.29, 1.82) is 0 Å². The molecule has 0 fully saturated rings. The SMILES string of the molecule is CS(=O)(=O)N(COC(=O)c1cccc(CON(O)O)c1)c1ccc(N([O-])O)cc1Oc1ccccc1. The molecular formula is C22H22N3O10S-. The van der Waals surface area contributed by atoms with Gasteiger partial charge in [-0.15, -0.1) is 0 Å². The summed E-state index contributed by atoms with van der Waals surface area (Å²) in [5.74, 6) is -0.662. The Morgan fingerprint density at radius 1 is 0.972 bits per heavy atom. The summed E-state index contributed by atoms with van der Waals surface area (Å²) in [4.78, 5) is 17.1. The van der Waals surface area contributed by atoms with Crippen molar-refractivity contribution in [2.75, 3.05) is 22.5 Å². The second-order valence-corrected chi connectivity index (χ2v) is 9.15. The highest BCUT2D eigenvalue weighted by atomic mass is 32.2. The van der Waals surface area contributed by atoms with Gasteiger partial charge in [0.25, 0.3) is 0 Å². The predicted molar refractivity (Wildman–Crippen MR) is 125 cm³/mol. The van der Waals surface area contributed by atoms with E-state index in [2.05, 4.69) is 4.84 Å². The van der Waals surface area contributed by atoms with Crippen molar-refractivity contribution in [2.45, 2.75) is 6.61 Å². The van der Waals surface area contributed by atoms with Crippen LogP contribution in [0.4, 0.5) is 11.4 Å². The molecule has 3 rings (SSSR count). The lowest BCUT2D eigenvalue weighted by Gasteiger charge is -2.27. The van der Waals surface area contributed by atoms with Crippen LogP contribution in [0.15, 0.2) is 72.8 Å². The number of esters is 1. The van der Waals surface area contributed by atoms with Crippen LogP contribution in [0.2, 0.25) is 0 Å². The van der Waals surface area contributed by atoms with Gasteiger partial charge in [-0.3, -0.25) is 15.6 Å². The van der Waals surface area contributed by atoms with Crippen molar-refractivity contribution < 1.29 is 43.1 Å². The molecule has 3 aromatic carbocycles. The van der Waals surface area contributed by atoms with Crippen LogP contribution in [0.1, 0.15) is 15.9 Å². The van der Waals surface area contributed by atoms with E-state index in [1.807, 2.05) is 0 Å². The summed E-state index contributed by atoms with van der Waals surface area (Å²) in [7, 11) is -4.03. The second-order valence-electron chi connectivity index (χ2n) is 7.24. The monoisotopic (exact) mass is 520 g/mol. The van der Waals surface area contributed by atoms with E-state index in [0.29, 0.717) is 11.3 Å². The van der Waals surface area contributed by atoms with Crippen molar-refractivity contribution in [3.8, 4) is 11.5 Å². The van der Waals surface area contributed by atoms with E-state index in [1.165, 1.54) is 24.3 Å². The maximum Gasteiger partial charge on any atom is 0.339 e. The maximum atomic E-state index is 12.6. The first-order valence-corrected chi connectivity index (χ1v) is 12.0. The minimum absolute atomic E-state index is 0.0466. The molecule has 0 bridgehead atoms. The molecule has 192 valence electrons. The summed E-state index contributed by atoms with van der Waals surface area (Å²) >= 11 is 0. The molecule has 0 saturated carbocycles. The van der Waals surface area contributed by atoms with Gasteiger partial charge in [-0.2, -0.15) is 0 Å². The zero-order valence-corrected chi connectivity index (χ0v) is 19.6. The molecule has 3 N–H and O–H groups in total. The third-order valence-electron chi connectivity index (χ3n) is 4.63. The van der Waals surface area contributed by atoms with Crippen molar-refractivity contribution in [3.63, 3.8) is 0 Å². The van der Waals surface area contributed by atoms with Gasteiger partial charge in [-0.05, 0) is 42.0 Å². The standard InChI is InChI=1S/C22H22N3O10S/c1-36(31,32)23(15-33-22(26)17-7-5-6-16(12-17)14-34-25(29)30)20-11-10-18(24(27)28)13-21(20)35-19-8-3-2-4-9-19/h2-13,27,29-30H,14-15H2,1H3/q-1. The van der Waals surface area contributed by atoms with Gasteiger partial charge in [0.15, 0.2) is 12.5 Å². The largest absolute Gasteiger partial charge is 0.733 e. The number of ether oxygens (including phenoxy) is 2. The van der Waals surface area contributed by atoms with E-state index in [4.69, 9.17) is 19.9 Å². The number of hydrogen-bond acceptors (Lipinski definition) is 12. The van der Waals surface area contributed by atoms with Gasteiger partial charge in [0.1, 0.15) is 5.75 Å². The van der Waals surface area contributed by atoms with Gasteiger partial charge in [0.05, 0.1) is 35.2 Å². The second kappa shape index (κ2) is 11.8. The summed E-state index contributed by atoms with van der Waals surface area (Å²) in [6.45, 7) is -1.01. The Labute approximate surface area is 205 Å². The highest BCUT2D eigenvalue weighted by molar-refractivity contribution is 7.92. The molecule has 0 aliphatic rings. The number of carbonyl (C=O) groups is 1. The highest BCUT2D eigenvalue weighted by Gasteiger charge is 2.24. The zero-order chi connectivity index (χ0) is 26.3. The van der Waals surface area contributed by atoms with Crippen molar-refractivity contribution in [1.82, 2.24) is 5.39 Å². The Bertz CT molecular complexity index is 1290. The van der Waals surface area contributed by atoms with Crippen molar-refractivity contribution in [3.05, 3.63) is 89.1 Å². The summed E-state index contributed by atoms with van der Waals surface area (Å²) in [5.41, 5.74) is 0.162. The number of nitrogens with zero attached hydrogens (tertiary/aromatic N) is 3. The quantitative estimate of drug-likeness (QED) is 0.192. The number of para-hydroxylation sites is 1. The smallest absolute Gasteiger partial charge is 0.339 e. The third kappa shape index (κ3) is 7.37. The van der Waals surface area contributed by atoms with Gasteiger partial charge in [0.2, 0.25) is 10.0 Å². The van der Waals surface area contributed by atoms with Crippen molar-refractivity contribution >= 4 is 27.4 Å². The zero-order valence-electron chi connectivity index (χ0n) is 18.8. The number of benzene rings is 3. The third-order valence-corrected chi connectivity index (χ3v) is 5.73. The van der Waals surface area contributed by atoms with Crippen LogP contribution < -0.4 is 14.3 Å². The van der Waals surface area contributed by atoms with Crippen LogP contribution in [-0.4, -0.2) is 48.4 Å². The van der Waals surface area contributed by atoms with Crippen LogP contribution in [0, 0.1) is 5.21 Å². The highest BCUT2D eigenvalue weighted by Crippen LogP contribution is 2.37. The molecule has 0 spiro atoms. The molecule has 0 aliphatic heterocycles. The van der Waals surface area contributed by atoms with E-state index >= 15 is 0 Å². The molecular weight excluding hydrogens is 498 g/mol. The van der Waals surface area contributed by atoms with Gasteiger partial charge in [-0.1, -0.05) is 30.3 Å². The van der Waals surface area contributed by atoms with Crippen LogP contribution >= 0.6 is 0 Å². The van der Waals surface area contributed by atoms with Crippen molar-refractivity contribution in [2.24, 2.45) is 0 Å². The average Bonchev–Trinajstić information content (AvgIpc) is 2.83. The molecule has 0 amide bonds. The van der Waals surface area contributed by atoms with Gasteiger partial charge < -0.3 is 19.9 Å². The number of carbonyl (C=O) groups excluding carboxylic acids is 1. The molecule has 0 heterocycles. The summed E-state index contributed by atoms with van der Waals surface area (Å²) in [6, 6.07) is 17.6. The minimum atomic E-state index is -4.03. The van der Waals surface area contributed by atoms with Crippen LogP contribution in [0.25, 0.3) is 0 Å². The lowest BCUT2D eigenvalue weighted by Crippen LogP contribution is -2.33. The van der Waals surface area contributed by atoms with Crippen LogP contribution in [0.5, 0.6) is 11.5 Å². The van der Waals surface area contributed by atoms with E-state index in [0.717, 1.165) is 22.7 Å². The van der Waals surface area contributed by atoms with Gasteiger partial charge in [-0.25, -0.2) is 22.4 Å². The molecule has 36 heavy (non-hydrogen) atoms. The maximum absolute atomic E-state index is 12.6. The molecule has 0 atom stereocenters. The first-order chi connectivity index (χ1) is 17.0. The molecule has 0 radical (unpaired) electrons. The molecule has 0 unspecified atom stereocenters. The first-order valence-electron chi connectivity index (χ1n) is 10.1. The fourth-order valence-electron chi connectivity index (χ4n) is 2.99. The number of anilines is 2. The Balaban J connectivity index is 1.87. The minimum Gasteiger partial charge on any atom is -0.733 e. The topological polar surface area (TPSA) is 172 Å². The molecule has 3 aromatic rings.